The summed E-state index contributed by atoms with van der Waals surface area (Å²) in [7, 11) is 3.39. The summed E-state index contributed by atoms with van der Waals surface area (Å²) in [6.07, 6.45) is 3.04. The van der Waals surface area contributed by atoms with E-state index in [0.29, 0.717) is 18.7 Å². The highest BCUT2D eigenvalue weighted by molar-refractivity contribution is 5.92. The fraction of sp³-hybridized carbons (Fsp3) is 0.462. The van der Waals surface area contributed by atoms with E-state index in [-0.39, 0.29) is 17.9 Å². The van der Waals surface area contributed by atoms with Crippen molar-refractivity contribution in [2.45, 2.75) is 18.9 Å². The second kappa shape index (κ2) is 5.69. The van der Waals surface area contributed by atoms with Crippen LogP contribution in [-0.2, 0) is 4.79 Å². The minimum atomic E-state index is -0.127. The molecular formula is C13H18N4O2. The SMILES string of the molecule is CN(C)C(=O)c1cc(NCC2CCC(=O)N2)ccn1. The van der Waals surface area contributed by atoms with E-state index in [1.807, 2.05) is 6.07 Å². The summed E-state index contributed by atoms with van der Waals surface area (Å²) in [4.78, 5) is 28.4. The monoisotopic (exact) mass is 262 g/mol. The van der Waals surface area contributed by atoms with Gasteiger partial charge in [-0.3, -0.25) is 14.6 Å². The van der Waals surface area contributed by atoms with Crippen LogP contribution in [0.1, 0.15) is 23.3 Å². The zero-order chi connectivity index (χ0) is 13.8. The number of hydrogen-bond acceptors (Lipinski definition) is 4. The van der Waals surface area contributed by atoms with Crippen LogP contribution < -0.4 is 10.6 Å². The van der Waals surface area contributed by atoms with Gasteiger partial charge in [-0.15, -0.1) is 0 Å². The van der Waals surface area contributed by atoms with Crippen LogP contribution in [0.5, 0.6) is 0 Å². The minimum Gasteiger partial charge on any atom is -0.383 e. The number of pyridine rings is 1. The van der Waals surface area contributed by atoms with Gasteiger partial charge in [0.15, 0.2) is 0 Å². The molecule has 2 N–H and O–H groups in total. The van der Waals surface area contributed by atoms with Crippen molar-refractivity contribution >= 4 is 17.5 Å². The third-order valence-corrected chi connectivity index (χ3v) is 3.02. The summed E-state index contributed by atoms with van der Waals surface area (Å²) in [6.45, 7) is 0.658. The van der Waals surface area contributed by atoms with E-state index in [1.54, 1.807) is 26.4 Å². The Morgan fingerprint density at radius 3 is 3.00 bits per heavy atom. The van der Waals surface area contributed by atoms with E-state index in [1.165, 1.54) is 4.90 Å². The van der Waals surface area contributed by atoms with Crippen molar-refractivity contribution in [3.63, 3.8) is 0 Å². The summed E-state index contributed by atoms with van der Waals surface area (Å²) < 4.78 is 0. The molecule has 1 saturated heterocycles. The first kappa shape index (κ1) is 13.3. The Hall–Kier alpha value is -2.11. The first-order chi connectivity index (χ1) is 9.06. The third-order valence-electron chi connectivity index (χ3n) is 3.02. The van der Waals surface area contributed by atoms with Crippen LogP contribution in [0, 0.1) is 0 Å². The molecule has 0 aliphatic carbocycles. The molecule has 0 bridgehead atoms. The molecule has 1 unspecified atom stereocenters. The average molecular weight is 262 g/mol. The smallest absolute Gasteiger partial charge is 0.272 e. The van der Waals surface area contributed by atoms with Crippen LogP contribution >= 0.6 is 0 Å². The molecule has 19 heavy (non-hydrogen) atoms. The first-order valence-electron chi connectivity index (χ1n) is 6.27. The Kier molecular flexibility index (Phi) is 3.99. The highest BCUT2D eigenvalue weighted by atomic mass is 16.2. The number of amides is 2. The van der Waals surface area contributed by atoms with Crippen molar-refractivity contribution in [1.82, 2.24) is 15.2 Å². The third kappa shape index (κ3) is 3.43. The molecule has 0 saturated carbocycles. The van der Waals surface area contributed by atoms with Crippen molar-refractivity contribution in [3.8, 4) is 0 Å². The molecule has 102 valence electrons. The molecule has 0 aromatic carbocycles. The fourth-order valence-electron chi connectivity index (χ4n) is 1.96. The van der Waals surface area contributed by atoms with Crippen molar-refractivity contribution in [3.05, 3.63) is 24.0 Å². The van der Waals surface area contributed by atoms with E-state index < -0.39 is 0 Å². The summed E-state index contributed by atoms with van der Waals surface area (Å²) >= 11 is 0. The van der Waals surface area contributed by atoms with Crippen molar-refractivity contribution < 1.29 is 9.59 Å². The van der Waals surface area contributed by atoms with Crippen LogP contribution in [0.25, 0.3) is 0 Å². The van der Waals surface area contributed by atoms with Gasteiger partial charge in [0.2, 0.25) is 5.91 Å². The maximum atomic E-state index is 11.8. The summed E-state index contributed by atoms with van der Waals surface area (Å²) in [5, 5.41) is 6.10. The molecule has 1 aromatic heterocycles. The summed E-state index contributed by atoms with van der Waals surface area (Å²) in [5.41, 5.74) is 1.24. The molecule has 1 fully saturated rings. The Bertz CT molecular complexity index is 487. The number of nitrogens with zero attached hydrogens (tertiary/aromatic N) is 2. The molecule has 1 atom stereocenters. The van der Waals surface area contributed by atoms with E-state index in [0.717, 1.165) is 12.1 Å². The van der Waals surface area contributed by atoms with Gasteiger partial charge < -0.3 is 15.5 Å². The number of rotatable bonds is 4. The van der Waals surface area contributed by atoms with Gasteiger partial charge in [-0.1, -0.05) is 0 Å². The van der Waals surface area contributed by atoms with Crippen LogP contribution in [0.3, 0.4) is 0 Å². The van der Waals surface area contributed by atoms with Gasteiger partial charge in [0.25, 0.3) is 5.91 Å². The predicted molar refractivity (Wildman–Crippen MR) is 71.9 cm³/mol. The molecule has 1 aliphatic heterocycles. The zero-order valence-electron chi connectivity index (χ0n) is 11.1. The Balaban J connectivity index is 1.95. The molecule has 1 aliphatic rings. The molecule has 1 aromatic rings. The maximum Gasteiger partial charge on any atom is 0.272 e. The normalized spacial score (nSPS) is 18.0. The second-order valence-corrected chi connectivity index (χ2v) is 4.81. The minimum absolute atomic E-state index is 0.102. The summed E-state index contributed by atoms with van der Waals surface area (Å²) in [5.74, 6) is -0.0252. The number of anilines is 1. The van der Waals surface area contributed by atoms with Crippen molar-refractivity contribution in [2.75, 3.05) is 26.0 Å². The lowest BCUT2D eigenvalue weighted by molar-refractivity contribution is -0.119. The molecule has 2 heterocycles. The number of nitrogens with one attached hydrogen (secondary N) is 2. The Labute approximate surface area is 112 Å². The van der Waals surface area contributed by atoms with Gasteiger partial charge in [-0.25, -0.2) is 0 Å². The molecule has 6 nitrogen and oxygen atoms in total. The van der Waals surface area contributed by atoms with E-state index in [2.05, 4.69) is 15.6 Å². The number of aromatic nitrogens is 1. The van der Waals surface area contributed by atoms with E-state index in [9.17, 15) is 9.59 Å². The number of hydrogen-bond donors (Lipinski definition) is 2. The highest BCUT2D eigenvalue weighted by Gasteiger charge is 2.20. The highest BCUT2D eigenvalue weighted by Crippen LogP contribution is 2.12. The Morgan fingerprint density at radius 1 is 1.58 bits per heavy atom. The van der Waals surface area contributed by atoms with Crippen molar-refractivity contribution in [2.24, 2.45) is 0 Å². The topological polar surface area (TPSA) is 74.3 Å². The first-order valence-corrected chi connectivity index (χ1v) is 6.27. The van der Waals surface area contributed by atoms with Crippen LogP contribution in [0.4, 0.5) is 5.69 Å². The van der Waals surface area contributed by atoms with Crippen LogP contribution in [0.2, 0.25) is 0 Å². The molecule has 0 spiro atoms. The van der Waals surface area contributed by atoms with E-state index >= 15 is 0 Å². The lowest BCUT2D eigenvalue weighted by Gasteiger charge is -2.14. The predicted octanol–water partition coefficient (Wildman–Crippen LogP) is 0.474. The summed E-state index contributed by atoms with van der Waals surface area (Å²) in [6, 6.07) is 3.69. The van der Waals surface area contributed by atoms with Crippen LogP contribution in [0.15, 0.2) is 18.3 Å². The van der Waals surface area contributed by atoms with Gasteiger partial charge in [-0.2, -0.15) is 0 Å². The molecular weight excluding hydrogens is 244 g/mol. The lowest BCUT2D eigenvalue weighted by Crippen LogP contribution is -2.31. The van der Waals surface area contributed by atoms with Crippen molar-refractivity contribution in [1.29, 1.82) is 0 Å². The van der Waals surface area contributed by atoms with Gasteiger partial charge in [0.1, 0.15) is 5.69 Å². The van der Waals surface area contributed by atoms with Gasteiger partial charge in [0, 0.05) is 45.0 Å². The van der Waals surface area contributed by atoms with Crippen LogP contribution in [-0.4, -0.2) is 48.4 Å². The van der Waals surface area contributed by atoms with Gasteiger partial charge in [-0.05, 0) is 18.6 Å². The lowest BCUT2D eigenvalue weighted by atomic mass is 10.2. The maximum absolute atomic E-state index is 11.8. The number of carbonyl (C=O) groups is 2. The Morgan fingerprint density at radius 2 is 2.37 bits per heavy atom. The zero-order valence-corrected chi connectivity index (χ0v) is 11.1. The quantitative estimate of drug-likeness (QED) is 0.827. The van der Waals surface area contributed by atoms with Gasteiger partial charge >= 0.3 is 0 Å². The second-order valence-electron chi connectivity index (χ2n) is 4.81. The fourth-order valence-corrected chi connectivity index (χ4v) is 1.96. The number of carbonyl (C=O) groups excluding carboxylic acids is 2. The molecule has 0 radical (unpaired) electrons. The molecule has 2 amide bonds. The standard InChI is InChI=1S/C13H18N4O2/c1-17(2)13(19)11-7-9(5-6-14-11)15-8-10-3-4-12(18)16-10/h5-7,10H,3-4,8H2,1-2H3,(H,14,15)(H,16,18). The van der Waals surface area contributed by atoms with E-state index in [4.69, 9.17) is 0 Å². The molecule has 2 rings (SSSR count). The van der Waals surface area contributed by atoms with Gasteiger partial charge in [0.05, 0.1) is 0 Å². The largest absolute Gasteiger partial charge is 0.383 e. The average Bonchev–Trinajstić information content (AvgIpc) is 2.81. The molecule has 6 heteroatoms.